The quantitative estimate of drug-likeness (QED) is 0.906. The van der Waals surface area contributed by atoms with Crippen molar-refractivity contribution in [3.63, 3.8) is 0 Å². The number of halogens is 1. The number of nitrogens with one attached hydrogen (secondary N) is 1. The molecule has 116 valence electrons. The van der Waals surface area contributed by atoms with Crippen LogP contribution in [0.1, 0.15) is 37.0 Å². The van der Waals surface area contributed by atoms with E-state index in [1.54, 1.807) is 6.07 Å². The maximum atomic E-state index is 12.9. The lowest BCUT2D eigenvalue weighted by Crippen LogP contribution is -2.48. The number of benzene rings is 1. The van der Waals surface area contributed by atoms with Gasteiger partial charge in [-0.1, -0.05) is 25.4 Å². The summed E-state index contributed by atoms with van der Waals surface area (Å²) in [6.45, 7) is 6.85. The third-order valence-corrected chi connectivity index (χ3v) is 3.97. The van der Waals surface area contributed by atoms with Crippen molar-refractivity contribution >= 4 is 23.2 Å². The van der Waals surface area contributed by atoms with Crippen LogP contribution >= 0.6 is 11.6 Å². The Kier molecular flexibility index (Phi) is 5.88. The molecule has 1 amide bonds. The molecule has 1 atom stereocenters. The minimum atomic E-state index is 0.0336. The average Bonchev–Trinajstić information content (AvgIpc) is 2.53. The molecule has 2 rings (SSSR count). The molecule has 4 nitrogen and oxygen atoms in total. The van der Waals surface area contributed by atoms with E-state index >= 15 is 0 Å². The molecule has 21 heavy (non-hydrogen) atoms. The Labute approximate surface area is 131 Å². The van der Waals surface area contributed by atoms with Crippen LogP contribution in [-0.2, 0) is 4.74 Å². The van der Waals surface area contributed by atoms with Crippen molar-refractivity contribution < 1.29 is 9.53 Å². The first kappa shape index (κ1) is 16.1. The number of amides is 1. The predicted molar refractivity (Wildman–Crippen MR) is 86.2 cm³/mol. The van der Waals surface area contributed by atoms with Gasteiger partial charge in [-0.15, -0.1) is 0 Å². The van der Waals surface area contributed by atoms with Gasteiger partial charge in [0.2, 0.25) is 0 Å². The van der Waals surface area contributed by atoms with Crippen molar-refractivity contribution in [2.75, 3.05) is 31.6 Å². The van der Waals surface area contributed by atoms with E-state index < -0.39 is 0 Å². The van der Waals surface area contributed by atoms with Crippen molar-refractivity contribution in [1.29, 1.82) is 0 Å². The maximum Gasteiger partial charge on any atom is 0.256 e. The SMILES string of the molecule is CCCNc1ccc(Cl)cc1C(=O)N1CCOCC1CC. The average molecular weight is 311 g/mol. The summed E-state index contributed by atoms with van der Waals surface area (Å²) in [6, 6.07) is 5.59. The third-order valence-electron chi connectivity index (χ3n) is 3.74. The number of hydrogen-bond acceptors (Lipinski definition) is 3. The minimum Gasteiger partial charge on any atom is -0.384 e. The second kappa shape index (κ2) is 7.66. The zero-order valence-electron chi connectivity index (χ0n) is 12.7. The summed E-state index contributed by atoms with van der Waals surface area (Å²) in [4.78, 5) is 14.8. The number of carbonyl (C=O) groups is 1. The molecule has 1 heterocycles. The molecule has 0 spiro atoms. The van der Waals surface area contributed by atoms with Gasteiger partial charge in [-0.2, -0.15) is 0 Å². The fraction of sp³-hybridized carbons (Fsp3) is 0.562. The highest BCUT2D eigenvalue weighted by Gasteiger charge is 2.28. The molecule has 1 aliphatic rings. The molecule has 1 N–H and O–H groups in total. The van der Waals surface area contributed by atoms with Gasteiger partial charge < -0.3 is 15.0 Å². The van der Waals surface area contributed by atoms with Crippen molar-refractivity contribution in [2.45, 2.75) is 32.7 Å². The van der Waals surface area contributed by atoms with Gasteiger partial charge in [0, 0.05) is 23.8 Å². The molecule has 1 unspecified atom stereocenters. The van der Waals surface area contributed by atoms with Crippen LogP contribution < -0.4 is 5.32 Å². The maximum absolute atomic E-state index is 12.9. The van der Waals surface area contributed by atoms with E-state index in [-0.39, 0.29) is 11.9 Å². The lowest BCUT2D eigenvalue weighted by molar-refractivity contribution is -0.00274. The van der Waals surface area contributed by atoms with Crippen LogP contribution in [0.3, 0.4) is 0 Å². The number of rotatable bonds is 5. The summed E-state index contributed by atoms with van der Waals surface area (Å²) in [5.41, 5.74) is 1.50. The fourth-order valence-electron chi connectivity index (χ4n) is 2.52. The number of anilines is 1. The van der Waals surface area contributed by atoms with Crippen molar-refractivity contribution in [3.05, 3.63) is 28.8 Å². The Morgan fingerprint density at radius 2 is 2.29 bits per heavy atom. The smallest absolute Gasteiger partial charge is 0.256 e. The van der Waals surface area contributed by atoms with Crippen molar-refractivity contribution in [2.24, 2.45) is 0 Å². The number of morpholine rings is 1. The molecule has 5 heteroatoms. The normalized spacial score (nSPS) is 18.6. The van der Waals surface area contributed by atoms with E-state index in [0.29, 0.717) is 30.3 Å². The van der Waals surface area contributed by atoms with Gasteiger partial charge in [0.15, 0.2) is 0 Å². The zero-order chi connectivity index (χ0) is 15.2. The topological polar surface area (TPSA) is 41.6 Å². The largest absolute Gasteiger partial charge is 0.384 e. The van der Waals surface area contributed by atoms with E-state index in [1.165, 1.54) is 0 Å². The summed E-state index contributed by atoms with van der Waals surface area (Å²) in [5.74, 6) is 0.0336. The number of ether oxygens (including phenoxy) is 1. The lowest BCUT2D eigenvalue weighted by atomic mass is 10.1. The van der Waals surface area contributed by atoms with Crippen LogP contribution in [0.5, 0.6) is 0 Å². The number of carbonyl (C=O) groups excluding carboxylic acids is 1. The van der Waals surface area contributed by atoms with Gasteiger partial charge in [0.05, 0.1) is 24.8 Å². The summed E-state index contributed by atoms with van der Waals surface area (Å²) in [6.07, 6.45) is 1.90. The first-order valence-corrected chi connectivity index (χ1v) is 7.97. The first-order chi connectivity index (χ1) is 10.2. The van der Waals surface area contributed by atoms with Crippen LogP contribution in [0, 0.1) is 0 Å². The van der Waals surface area contributed by atoms with E-state index in [0.717, 1.165) is 25.1 Å². The van der Waals surface area contributed by atoms with Crippen LogP contribution in [-0.4, -0.2) is 43.2 Å². The van der Waals surface area contributed by atoms with Crippen LogP contribution in [0.4, 0.5) is 5.69 Å². The fourth-order valence-corrected chi connectivity index (χ4v) is 2.69. The van der Waals surface area contributed by atoms with Gasteiger partial charge in [0.25, 0.3) is 5.91 Å². The summed E-state index contributed by atoms with van der Waals surface area (Å²) >= 11 is 6.08. The van der Waals surface area contributed by atoms with Crippen LogP contribution in [0.25, 0.3) is 0 Å². The van der Waals surface area contributed by atoms with Crippen molar-refractivity contribution in [1.82, 2.24) is 4.90 Å². The highest BCUT2D eigenvalue weighted by Crippen LogP contribution is 2.24. The van der Waals surface area contributed by atoms with Crippen LogP contribution in [0.15, 0.2) is 18.2 Å². The molecular formula is C16H23ClN2O2. The molecule has 0 aromatic heterocycles. The molecule has 0 radical (unpaired) electrons. The highest BCUT2D eigenvalue weighted by atomic mass is 35.5. The van der Waals surface area contributed by atoms with Gasteiger partial charge in [0.1, 0.15) is 0 Å². The zero-order valence-corrected chi connectivity index (χ0v) is 13.4. The molecule has 1 aliphatic heterocycles. The second-order valence-electron chi connectivity index (χ2n) is 5.25. The van der Waals surface area contributed by atoms with Gasteiger partial charge in [-0.3, -0.25) is 4.79 Å². The number of nitrogens with zero attached hydrogens (tertiary/aromatic N) is 1. The van der Waals surface area contributed by atoms with E-state index in [2.05, 4.69) is 19.2 Å². The Morgan fingerprint density at radius 1 is 1.48 bits per heavy atom. The Hall–Kier alpha value is -1.26. The predicted octanol–water partition coefficient (Wildman–Crippen LogP) is 3.41. The van der Waals surface area contributed by atoms with Crippen LogP contribution in [0.2, 0.25) is 5.02 Å². The lowest BCUT2D eigenvalue weighted by Gasteiger charge is -2.35. The second-order valence-corrected chi connectivity index (χ2v) is 5.69. The Balaban J connectivity index is 2.26. The molecule has 0 bridgehead atoms. The summed E-state index contributed by atoms with van der Waals surface area (Å²) < 4.78 is 5.47. The van der Waals surface area contributed by atoms with Gasteiger partial charge >= 0.3 is 0 Å². The molecular weight excluding hydrogens is 288 g/mol. The monoisotopic (exact) mass is 310 g/mol. The standard InChI is InChI=1S/C16H23ClN2O2/c1-3-7-18-15-6-5-12(17)10-14(15)16(20)19-8-9-21-11-13(19)4-2/h5-6,10,13,18H,3-4,7-9,11H2,1-2H3. The molecule has 1 aromatic rings. The van der Waals surface area contributed by atoms with Gasteiger partial charge in [-0.05, 0) is 31.0 Å². The number of hydrogen-bond donors (Lipinski definition) is 1. The molecule has 0 saturated carbocycles. The third kappa shape index (κ3) is 3.89. The summed E-state index contributed by atoms with van der Waals surface area (Å²) in [5, 5.41) is 3.89. The summed E-state index contributed by atoms with van der Waals surface area (Å²) in [7, 11) is 0. The Morgan fingerprint density at radius 3 is 3.00 bits per heavy atom. The first-order valence-electron chi connectivity index (χ1n) is 7.59. The molecule has 0 aliphatic carbocycles. The van der Waals surface area contributed by atoms with Gasteiger partial charge in [-0.25, -0.2) is 0 Å². The van der Waals surface area contributed by atoms with Crippen molar-refractivity contribution in [3.8, 4) is 0 Å². The van der Waals surface area contributed by atoms with E-state index in [9.17, 15) is 4.79 Å². The Bertz CT molecular complexity index is 493. The molecule has 1 saturated heterocycles. The van der Waals surface area contributed by atoms with E-state index in [4.69, 9.17) is 16.3 Å². The minimum absolute atomic E-state index is 0.0336. The molecule has 1 aromatic carbocycles. The van der Waals surface area contributed by atoms with E-state index in [1.807, 2.05) is 17.0 Å². The molecule has 1 fully saturated rings. The highest BCUT2D eigenvalue weighted by molar-refractivity contribution is 6.31.